The number of hydrogen-bond acceptors (Lipinski definition) is 2. The van der Waals surface area contributed by atoms with E-state index in [0.717, 1.165) is 24.9 Å². The summed E-state index contributed by atoms with van der Waals surface area (Å²) < 4.78 is 0. The summed E-state index contributed by atoms with van der Waals surface area (Å²) in [4.78, 5) is 12.2. The minimum Gasteiger partial charge on any atom is -0.399 e. The highest BCUT2D eigenvalue weighted by Crippen LogP contribution is 2.35. The molecule has 3 nitrogen and oxygen atoms in total. The van der Waals surface area contributed by atoms with Crippen LogP contribution in [0.4, 0.5) is 5.69 Å². The second-order valence-corrected chi connectivity index (χ2v) is 5.87. The van der Waals surface area contributed by atoms with Gasteiger partial charge in [0.15, 0.2) is 0 Å². The Morgan fingerprint density at radius 2 is 1.84 bits per heavy atom. The number of amides is 1. The van der Waals surface area contributed by atoms with E-state index in [-0.39, 0.29) is 11.3 Å². The van der Waals surface area contributed by atoms with Crippen LogP contribution >= 0.6 is 0 Å². The molecular formula is C16H24N2O. The highest BCUT2D eigenvalue weighted by Gasteiger charge is 2.33. The molecule has 0 saturated heterocycles. The van der Waals surface area contributed by atoms with Crippen LogP contribution in [0.3, 0.4) is 0 Å². The molecule has 0 aromatic heterocycles. The second kappa shape index (κ2) is 6.09. The van der Waals surface area contributed by atoms with Gasteiger partial charge in [-0.15, -0.1) is 0 Å². The van der Waals surface area contributed by atoms with Gasteiger partial charge in [-0.05, 0) is 37.0 Å². The molecule has 0 spiro atoms. The molecule has 104 valence electrons. The molecule has 1 amide bonds. The van der Waals surface area contributed by atoms with E-state index in [2.05, 4.69) is 12.2 Å². The molecule has 0 heterocycles. The molecule has 0 radical (unpaired) electrons. The zero-order valence-corrected chi connectivity index (χ0v) is 11.7. The van der Waals surface area contributed by atoms with Crippen LogP contribution < -0.4 is 11.1 Å². The van der Waals surface area contributed by atoms with E-state index in [1.807, 2.05) is 24.3 Å². The number of carbonyl (C=O) groups excluding carboxylic acids is 1. The van der Waals surface area contributed by atoms with Gasteiger partial charge in [-0.25, -0.2) is 0 Å². The fourth-order valence-electron chi connectivity index (χ4n) is 2.78. The van der Waals surface area contributed by atoms with Gasteiger partial charge < -0.3 is 11.1 Å². The molecule has 0 aliphatic heterocycles. The smallest absolute Gasteiger partial charge is 0.225 e. The summed E-state index contributed by atoms with van der Waals surface area (Å²) in [5, 5.41) is 3.09. The van der Waals surface area contributed by atoms with E-state index in [9.17, 15) is 4.79 Å². The van der Waals surface area contributed by atoms with Crippen molar-refractivity contribution in [2.24, 2.45) is 5.41 Å². The fourth-order valence-corrected chi connectivity index (χ4v) is 2.78. The number of nitrogen functional groups attached to an aromatic ring is 1. The lowest BCUT2D eigenvalue weighted by molar-refractivity contribution is -0.131. The maximum Gasteiger partial charge on any atom is 0.225 e. The summed E-state index contributed by atoms with van der Waals surface area (Å²) in [5.41, 5.74) is 7.50. The van der Waals surface area contributed by atoms with Crippen LogP contribution in [0.2, 0.25) is 0 Å². The monoisotopic (exact) mass is 260 g/mol. The number of rotatable bonds is 4. The van der Waals surface area contributed by atoms with Crippen LogP contribution in [0.5, 0.6) is 0 Å². The molecule has 2 rings (SSSR count). The molecule has 19 heavy (non-hydrogen) atoms. The fraction of sp³-hybridized carbons (Fsp3) is 0.562. The van der Waals surface area contributed by atoms with Crippen LogP contribution in [0.15, 0.2) is 24.3 Å². The first-order chi connectivity index (χ1) is 9.10. The van der Waals surface area contributed by atoms with Crippen molar-refractivity contribution in [3.8, 4) is 0 Å². The lowest BCUT2D eigenvalue weighted by Crippen LogP contribution is -2.41. The SMILES string of the molecule is CC1(C(=O)NCCc2ccc(N)cc2)CCCCC1. The Labute approximate surface area is 115 Å². The average Bonchev–Trinajstić information content (AvgIpc) is 2.42. The third-order valence-electron chi connectivity index (χ3n) is 4.18. The summed E-state index contributed by atoms with van der Waals surface area (Å²) in [5.74, 6) is 0.225. The first-order valence-electron chi connectivity index (χ1n) is 7.23. The van der Waals surface area contributed by atoms with Crippen molar-refractivity contribution in [2.45, 2.75) is 45.4 Å². The molecule has 0 atom stereocenters. The Morgan fingerprint density at radius 1 is 1.21 bits per heavy atom. The van der Waals surface area contributed by atoms with Gasteiger partial charge in [-0.3, -0.25) is 4.79 Å². The molecule has 1 aromatic rings. The summed E-state index contributed by atoms with van der Waals surface area (Å²) in [6, 6.07) is 7.84. The quantitative estimate of drug-likeness (QED) is 0.818. The summed E-state index contributed by atoms with van der Waals surface area (Å²) in [6.45, 7) is 2.81. The summed E-state index contributed by atoms with van der Waals surface area (Å²) in [7, 11) is 0. The van der Waals surface area contributed by atoms with Gasteiger partial charge in [0, 0.05) is 17.6 Å². The maximum absolute atomic E-state index is 12.2. The number of benzene rings is 1. The number of carbonyl (C=O) groups is 1. The predicted molar refractivity (Wildman–Crippen MR) is 78.8 cm³/mol. The van der Waals surface area contributed by atoms with E-state index < -0.39 is 0 Å². The van der Waals surface area contributed by atoms with Crippen LogP contribution in [0.25, 0.3) is 0 Å². The Morgan fingerprint density at radius 3 is 2.47 bits per heavy atom. The van der Waals surface area contributed by atoms with Crippen molar-refractivity contribution in [2.75, 3.05) is 12.3 Å². The van der Waals surface area contributed by atoms with Crippen LogP contribution in [0.1, 0.15) is 44.6 Å². The summed E-state index contributed by atoms with van der Waals surface area (Å²) in [6.07, 6.45) is 6.56. The number of hydrogen-bond donors (Lipinski definition) is 2. The lowest BCUT2D eigenvalue weighted by atomic mass is 9.75. The number of anilines is 1. The minimum atomic E-state index is -0.140. The van der Waals surface area contributed by atoms with E-state index in [4.69, 9.17) is 5.73 Å². The topological polar surface area (TPSA) is 55.1 Å². The maximum atomic E-state index is 12.2. The van der Waals surface area contributed by atoms with Gasteiger partial charge in [0.05, 0.1) is 0 Å². The Hall–Kier alpha value is -1.51. The van der Waals surface area contributed by atoms with Crippen LogP contribution in [0, 0.1) is 5.41 Å². The van der Waals surface area contributed by atoms with Gasteiger partial charge >= 0.3 is 0 Å². The molecule has 1 saturated carbocycles. The van der Waals surface area contributed by atoms with Crippen LogP contribution in [-0.4, -0.2) is 12.5 Å². The molecule has 1 aliphatic rings. The van der Waals surface area contributed by atoms with Crippen molar-refractivity contribution in [1.29, 1.82) is 0 Å². The molecule has 0 bridgehead atoms. The normalized spacial score (nSPS) is 17.9. The first-order valence-corrected chi connectivity index (χ1v) is 7.23. The highest BCUT2D eigenvalue weighted by atomic mass is 16.2. The third kappa shape index (κ3) is 3.72. The number of nitrogens with two attached hydrogens (primary N) is 1. The van der Waals surface area contributed by atoms with Crippen molar-refractivity contribution in [3.63, 3.8) is 0 Å². The molecule has 1 aromatic carbocycles. The molecule has 0 unspecified atom stereocenters. The number of nitrogens with one attached hydrogen (secondary N) is 1. The van der Waals surface area contributed by atoms with Crippen LogP contribution in [-0.2, 0) is 11.2 Å². The Kier molecular flexibility index (Phi) is 4.46. The van der Waals surface area contributed by atoms with Gasteiger partial charge in [0.25, 0.3) is 0 Å². The minimum absolute atomic E-state index is 0.140. The molecular weight excluding hydrogens is 236 g/mol. The lowest BCUT2D eigenvalue weighted by Gasteiger charge is -2.32. The van der Waals surface area contributed by atoms with Gasteiger partial charge in [-0.2, -0.15) is 0 Å². The van der Waals surface area contributed by atoms with Crippen molar-refractivity contribution in [3.05, 3.63) is 29.8 Å². The van der Waals surface area contributed by atoms with Crippen molar-refractivity contribution >= 4 is 11.6 Å². The van der Waals surface area contributed by atoms with Gasteiger partial charge in [-0.1, -0.05) is 38.3 Å². The van der Waals surface area contributed by atoms with Crippen molar-refractivity contribution < 1.29 is 4.79 Å². The Balaban J connectivity index is 1.78. The summed E-state index contributed by atoms with van der Waals surface area (Å²) >= 11 is 0. The van der Waals surface area contributed by atoms with Gasteiger partial charge in [0.2, 0.25) is 5.91 Å². The second-order valence-electron chi connectivity index (χ2n) is 5.87. The third-order valence-corrected chi connectivity index (χ3v) is 4.18. The van der Waals surface area contributed by atoms with E-state index in [1.54, 1.807) is 0 Å². The molecule has 3 N–H and O–H groups in total. The zero-order chi connectivity index (χ0) is 13.7. The van der Waals surface area contributed by atoms with Gasteiger partial charge in [0.1, 0.15) is 0 Å². The average molecular weight is 260 g/mol. The van der Waals surface area contributed by atoms with E-state index in [0.29, 0.717) is 6.54 Å². The zero-order valence-electron chi connectivity index (χ0n) is 11.7. The standard InChI is InChI=1S/C16H24N2O/c1-16(10-3-2-4-11-16)15(19)18-12-9-13-5-7-14(17)8-6-13/h5-8H,2-4,9-12,17H2,1H3,(H,18,19). The first kappa shape index (κ1) is 13.9. The molecule has 3 heteroatoms. The van der Waals surface area contributed by atoms with E-state index in [1.165, 1.54) is 24.8 Å². The van der Waals surface area contributed by atoms with Crippen molar-refractivity contribution in [1.82, 2.24) is 5.32 Å². The molecule has 1 aliphatic carbocycles. The van der Waals surface area contributed by atoms with E-state index >= 15 is 0 Å². The Bertz CT molecular complexity index is 419. The largest absolute Gasteiger partial charge is 0.399 e. The highest BCUT2D eigenvalue weighted by molar-refractivity contribution is 5.82. The predicted octanol–water partition coefficient (Wildman–Crippen LogP) is 2.90. The molecule has 1 fully saturated rings.